The molecule has 6 heteroatoms. The van der Waals surface area contributed by atoms with E-state index in [1.807, 2.05) is 44.2 Å². The Kier molecular flexibility index (Phi) is 4.70. The van der Waals surface area contributed by atoms with Gasteiger partial charge in [0.15, 0.2) is 12.3 Å². The highest BCUT2D eigenvalue weighted by atomic mass is 16.5. The molecule has 0 bridgehead atoms. The van der Waals surface area contributed by atoms with Gasteiger partial charge in [-0.1, -0.05) is 18.2 Å². The number of hydrogen-bond acceptors (Lipinski definition) is 5. The number of carbonyl (C=O) groups is 2. The lowest BCUT2D eigenvalue weighted by Gasteiger charge is -2.08. The number of benzene rings is 2. The second kappa shape index (κ2) is 7.09. The first kappa shape index (κ1) is 16.6. The summed E-state index contributed by atoms with van der Waals surface area (Å²) in [5.74, 6) is -1.10. The third-order valence-electron chi connectivity index (χ3n) is 3.50. The molecule has 6 nitrogen and oxygen atoms in total. The van der Waals surface area contributed by atoms with Gasteiger partial charge in [0, 0.05) is 5.69 Å². The van der Waals surface area contributed by atoms with Gasteiger partial charge in [-0.25, -0.2) is 9.78 Å². The zero-order valence-corrected chi connectivity index (χ0v) is 13.9. The second-order valence-electron chi connectivity index (χ2n) is 5.74. The van der Waals surface area contributed by atoms with Gasteiger partial charge in [-0.2, -0.15) is 0 Å². The largest absolute Gasteiger partial charge is 0.451 e. The summed E-state index contributed by atoms with van der Waals surface area (Å²) in [6.45, 7) is 3.50. The van der Waals surface area contributed by atoms with Crippen LogP contribution in [-0.2, 0) is 9.53 Å². The van der Waals surface area contributed by atoms with Crippen molar-refractivity contribution >= 4 is 28.6 Å². The molecule has 1 aromatic heterocycles. The Bertz CT molecular complexity index is 933. The van der Waals surface area contributed by atoms with Crippen LogP contribution in [0.4, 0.5) is 5.69 Å². The number of fused-ring (bicyclic) bond motifs is 1. The third-order valence-corrected chi connectivity index (χ3v) is 3.50. The predicted octanol–water partition coefficient (Wildman–Crippen LogP) is 3.04. The maximum atomic E-state index is 12.0. The molecule has 0 aliphatic rings. The average molecular weight is 335 g/mol. The number of aromatic nitrogens is 2. The van der Waals surface area contributed by atoms with E-state index >= 15 is 0 Å². The molecule has 0 fully saturated rings. The number of esters is 1. The minimum absolute atomic E-state index is 0.0675. The van der Waals surface area contributed by atoms with Crippen LogP contribution in [0.1, 0.15) is 21.6 Å². The Morgan fingerprint density at radius 1 is 1.04 bits per heavy atom. The van der Waals surface area contributed by atoms with Crippen molar-refractivity contribution in [2.24, 2.45) is 0 Å². The van der Waals surface area contributed by atoms with Crippen LogP contribution in [0.5, 0.6) is 0 Å². The van der Waals surface area contributed by atoms with Gasteiger partial charge >= 0.3 is 5.97 Å². The Morgan fingerprint density at radius 3 is 2.44 bits per heavy atom. The fourth-order valence-electron chi connectivity index (χ4n) is 2.50. The van der Waals surface area contributed by atoms with E-state index in [9.17, 15) is 9.59 Å². The van der Waals surface area contributed by atoms with Crippen LogP contribution in [-0.4, -0.2) is 28.5 Å². The number of nitrogens with one attached hydrogen (secondary N) is 1. The van der Waals surface area contributed by atoms with Crippen molar-refractivity contribution in [2.75, 3.05) is 11.9 Å². The zero-order valence-electron chi connectivity index (χ0n) is 13.9. The third kappa shape index (κ3) is 4.17. The van der Waals surface area contributed by atoms with Crippen LogP contribution in [0, 0.1) is 13.8 Å². The first-order valence-electron chi connectivity index (χ1n) is 7.78. The molecule has 1 heterocycles. The van der Waals surface area contributed by atoms with Crippen molar-refractivity contribution in [1.82, 2.24) is 9.97 Å². The van der Waals surface area contributed by atoms with Crippen LogP contribution >= 0.6 is 0 Å². The van der Waals surface area contributed by atoms with Gasteiger partial charge in [-0.05, 0) is 49.2 Å². The minimum atomic E-state index is -0.686. The normalized spacial score (nSPS) is 10.5. The number of carbonyl (C=O) groups excluding carboxylic acids is 2. The van der Waals surface area contributed by atoms with Crippen LogP contribution < -0.4 is 5.32 Å². The highest BCUT2D eigenvalue weighted by molar-refractivity contribution is 5.95. The van der Waals surface area contributed by atoms with E-state index in [1.54, 1.807) is 12.1 Å². The Hall–Kier alpha value is -3.28. The van der Waals surface area contributed by atoms with Crippen molar-refractivity contribution in [3.63, 3.8) is 0 Å². The molecule has 0 saturated carbocycles. The number of anilines is 1. The maximum absolute atomic E-state index is 12.0. The molecule has 0 aliphatic heterocycles. The Morgan fingerprint density at radius 2 is 1.72 bits per heavy atom. The van der Waals surface area contributed by atoms with E-state index in [0.717, 1.165) is 11.1 Å². The molecule has 0 atom stereocenters. The van der Waals surface area contributed by atoms with Gasteiger partial charge in [0.2, 0.25) is 0 Å². The molecule has 126 valence electrons. The van der Waals surface area contributed by atoms with Crippen LogP contribution in [0.2, 0.25) is 0 Å². The fraction of sp³-hybridized carbons (Fsp3) is 0.158. The number of ether oxygens (including phenoxy) is 1. The van der Waals surface area contributed by atoms with Crippen LogP contribution in [0.3, 0.4) is 0 Å². The van der Waals surface area contributed by atoms with E-state index in [0.29, 0.717) is 16.7 Å². The molecule has 0 aliphatic carbocycles. The molecule has 0 radical (unpaired) electrons. The molecular weight excluding hydrogens is 318 g/mol. The molecule has 0 saturated heterocycles. The second-order valence-corrected chi connectivity index (χ2v) is 5.74. The van der Waals surface area contributed by atoms with E-state index in [4.69, 9.17) is 4.74 Å². The fourth-order valence-corrected chi connectivity index (χ4v) is 2.50. The van der Waals surface area contributed by atoms with Crippen LogP contribution in [0.15, 0.2) is 48.7 Å². The number of para-hydroxylation sites is 2. The lowest BCUT2D eigenvalue weighted by atomic mass is 10.1. The molecule has 1 amide bonds. The van der Waals surface area contributed by atoms with Gasteiger partial charge in [0.05, 0.1) is 17.2 Å². The smallest absolute Gasteiger partial charge is 0.359 e. The first-order valence-corrected chi connectivity index (χ1v) is 7.78. The van der Waals surface area contributed by atoms with Crippen molar-refractivity contribution in [2.45, 2.75) is 13.8 Å². The summed E-state index contributed by atoms with van der Waals surface area (Å²) in [4.78, 5) is 32.4. The van der Waals surface area contributed by atoms with E-state index in [1.165, 1.54) is 6.20 Å². The molecule has 2 aromatic carbocycles. The molecule has 0 unspecified atom stereocenters. The van der Waals surface area contributed by atoms with Gasteiger partial charge in [-0.15, -0.1) is 0 Å². The topological polar surface area (TPSA) is 81.2 Å². The van der Waals surface area contributed by atoms with Crippen molar-refractivity contribution < 1.29 is 14.3 Å². The van der Waals surface area contributed by atoms with Crippen molar-refractivity contribution in [3.05, 3.63) is 65.5 Å². The number of rotatable bonds is 4. The highest BCUT2D eigenvalue weighted by Gasteiger charge is 2.13. The number of hydrogen-bond donors (Lipinski definition) is 1. The maximum Gasteiger partial charge on any atom is 0.359 e. The zero-order chi connectivity index (χ0) is 17.8. The quantitative estimate of drug-likeness (QED) is 0.741. The summed E-state index contributed by atoms with van der Waals surface area (Å²) in [7, 11) is 0. The monoisotopic (exact) mass is 335 g/mol. The SMILES string of the molecule is Cc1cc(C)cc(NC(=O)COC(=O)c2cnc3ccccc3n2)c1. The van der Waals surface area contributed by atoms with Crippen LogP contribution in [0.25, 0.3) is 11.0 Å². The summed E-state index contributed by atoms with van der Waals surface area (Å²) < 4.78 is 5.02. The first-order chi connectivity index (χ1) is 12.0. The summed E-state index contributed by atoms with van der Waals surface area (Å²) >= 11 is 0. The average Bonchev–Trinajstić information content (AvgIpc) is 2.58. The molecular formula is C19H17N3O3. The standard InChI is InChI=1S/C19H17N3O3/c1-12-7-13(2)9-14(8-12)21-18(23)11-25-19(24)17-10-20-15-5-3-4-6-16(15)22-17/h3-10H,11H2,1-2H3,(H,21,23). The number of nitrogens with zero attached hydrogens (tertiary/aromatic N) is 2. The number of amides is 1. The molecule has 3 aromatic rings. The number of aryl methyl sites for hydroxylation is 2. The van der Waals surface area contributed by atoms with Crippen molar-refractivity contribution in [1.29, 1.82) is 0 Å². The summed E-state index contributed by atoms with van der Waals surface area (Å²) in [5.41, 5.74) is 4.10. The van der Waals surface area contributed by atoms with E-state index in [2.05, 4.69) is 15.3 Å². The molecule has 25 heavy (non-hydrogen) atoms. The summed E-state index contributed by atoms with van der Waals surface area (Å²) in [6.07, 6.45) is 1.34. The van der Waals surface area contributed by atoms with Gasteiger partial charge in [-0.3, -0.25) is 9.78 Å². The highest BCUT2D eigenvalue weighted by Crippen LogP contribution is 2.14. The summed E-state index contributed by atoms with van der Waals surface area (Å²) in [6, 6.07) is 12.9. The lowest BCUT2D eigenvalue weighted by molar-refractivity contribution is -0.119. The van der Waals surface area contributed by atoms with Crippen molar-refractivity contribution in [3.8, 4) is 0 Å². The van der Waals surface area contributed by atoms with E-state index in [-0.39, 0.29) is 12.3 Å². The van der Waals surface area contributed by atoms with E-state index < -0.39 is 11.9 Å². The molecule has 1 N–H and O–H groups in total. The van der Waals surface area contributed by atoms with Gasteiger partial charge in [0.1, 0.15) is 0 Å². The minimum Gasteiger partial charge on any atom is -0.451 e. The molecule has 3 rings (SSSR count). The molecule has 0 spiro atoms. The lowest BCUT2D eigenvalue weighted by Crippen LogP contribution is -2.21. The Labute approximate surface area is 144 Å². The van der Waals surface area contributed by atoms with Gasteiger partial charge < -0.3 is 10.1 Å². The predicted molar refractivity (Wildman–Crippen MR) is 94.4 cm³/mol. The Balaban J connectivity index is 1.61. The van der Waals surface area contributed by atoms with Gasteiger partial charge in [0.25, 0.3) is 5.91 Å². The summed E-state index contributed by atoms with van der Waals surface area (Å²) in [5, 5.41) is 2.71.